The standard InChI is InChI=1S/C28H27N5O4/c1-17-24(26(29)34)25(19-10-7-11-21(14-19)37-16-18-8-5-4-6-9-18)33-28(30-17)31-27(32-33)20-12-13-22(35-2)23(15-20)36-3/h4-15,25H,16H2,1-3H3,(H2,29,34)(H,30,31,32). The number of hydrogen-bond acceptors (Lipinski definition) is 7. The number of amides is 1. The molecular formula is C28H27N5O4. The normalized spacial score (nSPS) is 14.5. The predicted octanol–water partition coefficient (Wildman–Crippen LogP) is 4.32. The third-order valence-electron chi connectivity index (χ3n) is 6.18. The SMILES string of the molecule is COc1ccc(-c2nc3n(n2)C(c2cccc(OCc4ccccc4)c2)C(C(N)=O)=C(C)N3)cc1OC. The number of nitrogens with zero attached hydrogens (tertiary/aromatic N) is 3. The van der Waals surface area contributed by atoms with Crippen LogP contribution in [0.5, 0.6) is 17.2 Å². The van der Waals surface area contributed by atoms with Crippen LogP contribution in [0.2, 0.25) is 0 Å². The molecule has 0 spiro atoms. The van der Waals surface area contributed by atoms with Crippen molar-refractivity contribution in [2.75, 3.05) is 19.5 Å². The Morgan fingerprint density at radius 3 is 2.51 bits per heavy atom. The van der Waals surface area contributed by atoms with E-state index in [0.29, 0.717) is 46.9 Å². The zero-order valence-corrected chi connectivity index (χ0v) is 20.8. The number of rotatable bonds is 8. The van der Waals surface area contributed by atoms with Crippen molar-refractivity contribution in [2.45, 2.75) is 19.6 Å². The highest BCUT2D eigenvalue weighted by atomic mass is 16.5. The van der Waals surface area contributed by atoms with E-state index in [1.807, 2.05) is 66.7 Å². The van der Waals surface area contributed by atoms with Gasteiger partial charge in [0.1, 0.15) is 18.4 Å². The molecule has 37 heavy (non-hydrogen) atoms. The highest BCUT2D eigenvalue weighted by Crippen LogP contribution is 2.38. The second-order valence-electron chi connectivity index (χ2n) is 8.55. The Morgan fingerprint density at radius 1 is 1.00 bits per heavy atom. The molecule has 1 aromatic heterocycles. The summed E-state index contributed by atoms with van der Waals surface area (Å²) in [6.45, 7) is 2.23. The molecule has 0 saturated carbocycles. The molecule has 3 N–H and O–H groups in total. The number of carbonyl (C=O) groups excluding carboxylic acids is 1. The Kier molecular flexibility index (Phi) is 6.51. The fraction of sp³-hybridized carbons (Fsp3) is 0.179. The Bertz CT molecular complexity index is 1480. The molecule has 188 valence electrons. The van der Waals surface area contributed by atoms with E-state index < -0.39 is 11.9 Å². The number of fused-ring (bicyclic) bond motifs is 1. The highest BCUT2D eigenvalue weighted by Gasteiger charge is 2.33. The van der Waals surface area contributed by atoms with Crippen LogP contribution < -0.4 is 25.3 Å². The molecule has 2 heterocycles. The van der Waals surface area contributed by atoms with Gasteiger partial charge in [-0.3, -0.25) is 4.79 Å². The summed E-state index contributed by atoms with van der Waals surface area (Å²) in [4.78, 5) is 17.3. The highest BCUT2D eigenvalue weighted by molar-refractivity contribution is 5.95. The lowest BCUT2D eigenvalue weighted by Crippen LogP contribution is -2.31. The number of ether oxygens (including phenoxy) is 3. The average molecular weight is 498 g/mol. The molecule has 0 saturated heterocycles. The maximum Gasteiger partial charge on any atom is 0.248 e. The van der Waals surface area contributed by atoms with Gasteiger partial charge in [0.05, 0.1) is 19.8 Å². The summed E-state index contributed by atoms with van der Waals surface area (Å²) < 4.78 is 18.5. The Morgan fingerprint density at radius 2 is 1.78 bits per heavy atom. The molecule has 4 aromatic rings. The number of primary amides is 1. The summed E-state index contributed by atoms with van der Waals surface area (Å²) in [5, 5.41) is 7.94. The number of benzene rings is 3. The third kappa shape index (κ3) is 4.71. The molecular weight excluding hydrogens is 470 g/mol. The van der Waals surface area contributed by atoms with E-state index in [0.717, 1.165) is 16.7 Å². The van der Waals surface area contributed by atoms with E-state index in [-0.39, 0.29) is 0 Å². The molecule has 1 unspecified atom stereocenters. The van der Waals surface area contributed by atoms with Crippen LogP contribution in [-0.2, 0) is 11.4 Å². The van der Waals surface area contributed by atoms with Crippen molar-refractivity contribution in [1.82, 2.24) is 14.8 Å². The first-order valence-corrected chi connectivity index (χ1v) is 11.7. The fourth-order valence-corrected chi connectivity index (χ4v) is 4.39. The van der Waals surface area contributed by atoms with E-state index in [9.17, 15) is 4.79 Å². The molecule has 0 bridgehead atoms. The Balaban J connectivity index is 1.53. The summed E-state index contributed by atoms with van der Waals surface area (Å²) in [6, 6.07) is 22.4. The summed E-state index contributed by atoms with van der Waals surface area (Å²) in [7, 11) is 3.15. The predicted molar refractivity (Wildman–Crippen MR) is 139 cm³/mol. The van der Waals surface area contributed by atoms with Crippen molar-refractivity contribution in [2.24, 2.45) is 5.73 Å². The number of carbonyl (C=O) groups is 1. The minimum Gasteiger partial charge on any atom is -0.493 e. The van der Waals surface area contributed by atoms with Gasteiger partial charge in [-0.25, -0.2) is 4.68 Å². The number of methoxy groups -OCH3 is 2. The number of allylic oxidation sites excluding steroid dienone is 1. The number of nitrogens with one attached hydrogen (secondary N) is 1. The molecule has 1 aliphatic rings. The monoisotopic (exact) mass is 497 g/mol. The third-order valence-corrected chi connectivity index (χ3v) is 6.18. The molecule has 3 aromatic carbocycles. The first-order valence-electron chi connectivity index (χ1n) is 11.7. The lowest BCUT2D eigenvalue weighted by molar-refractivity contribution is -0.115. The van der Waals surface area contributed by atoms with Crippen molar-refractivity contribution in [3.05, 3.63) is 95.2 Å². The topological polar surface area (TPSA) is 114 Å². The quantitative estimate of drug-likeness (QED) is 0.373. The van der Waals surface area contributed by atoms with Crippen LogP contribution in [-0.4, -0.2) is 34.9 Å². The molecule has 5 rings (SSSR count). The van der Waals surface area contributed by atoms with Crippen LogP contribution in [0.25, 0.3) is 11.4 Å². The van der Waals surface area contributed by atoms with Gasteiger partial charge in [0.15, 0.2) is 17.3 Å². The van der Waals surface area contributed by atoms with Crippen LogP contribution >= 0.6 is 0 Å². The van der Waals surface area contributed by atoms with Crippen molar-refractivity contribution in [3.63, 3.8) is 0 Å². The maximum atomic E-state index is 12.6. The summed E-state index contributed by atoms with van der Waals surface area (Å²) in [6.07, 6.45) is 0. The van der Waals surface area contributed by atoms with Crippen LogP contribution in [0.4, 0.5) is 5.95 Å². The largest absolute Gasteiger partial charge is 0.493 e. The van der Waals surface area contributed by atoms with Gasteiger partial charge >= 0.3 is 0 Å². The second-order valence-corrected chi connectivity index (χ2v) is 8.55. The van der Waals surface area contributed by atoms with Gasteiger partial charge in [-0.15, -0.1) is 5.10 Å². The van der Waals surface area contributed by atoms with Crippen molar-refractivity contribution in [3.8, 4) is 28.6 Å². The summed E-state index contributed by atoms with van der Waals surface area (Å²) in [5.41, 5.74) is 9.45. The second kappa shape index (κ2) is 10.1. The molecule has 9 heteroatoms. The van der Waals surface area contributed by atoms with Gasteiger partial charge in [-0.1, -0.05) is 42.5 Å². The number of aromatic nitrogens is 3. The lowest BCUT2D eigenvalue weighted by atomic mass is 9.95. The smallest absolute Gasteiger partial charge is 0.248 e. The Labute approximate surface area is 214 Å². The molecule has 0 aliphatic carbocycles. The summed E-state index contributed by atoms with van der Waals surface area (Å²) >= 11 is 0. The van der Waals surface area contributed by atoms with Gasteiger partial charge in [0.25, 0.3) is 0 Å². The van der Waals surface area contributed by atoms with Gasteiger partial charge in [0.2, 0.25) is 11.9 Å². The zero-order chi connectivity index (χ0) is 25.9. The molecule has 0 fully saturated rings. The molecule has 0 radical (unpaired) electrons. The summed E-state index contributed by atoms with van der Waals surface area (Å²) in [5.74, 6) is 2.25. The zero-order valence-electron chi connectivity index (χ0n) is 20.8. The van der Waals surface area contributed by atoms with Crippen LogP contribution in [0, 0.1) is 0 Å². The number of nitrogens with two attached hydrogens (primary N) is 1. The van der Waals surface area contributed by atoms with Gasteiger partial charge in [0, 0.05) is 11.3 Å². The average Bonchev–Trinajstić information content (AvgIpc) is 3.34. The number of anilines is 1. The van der Waals surface area contributed by atoms with Crippen LogP contribution in [0.3, 0.4) is 0 Å². The van der Waals surface area contributed by atoms with E-state index in [2.05, 4.69) is 5.32 Å². The lowest BCUT2D eigenvalue weighted by Gasteiger charge is -2.27. The van der Waals surface area contributed by atoms with E-state index in [4.69, 9.17) is 30.0 Å². The molecule has 1 aliphatic heterocycles. The van der Waals surface area contributed by atoms with Crippen LogP contribution in [0.1, 0.15) is 24.1 Å². The van der Waals surface area contributed by atoms with E-state index in [1.165, 1.54) is 0 Å². The first kappa shape index (κ1) is 23.9. The minimum absolute atomic E-state index is 0.400. The Hall–Kier alpha value is -4.79. The molecule has 1 amide bonds. The number of hydrogen-bond donors (Lipinski definition) is 2. The molecule has 9 nitrogen and oxygen atoms in total. The van der Waals surface area contributed by atoms with Gasteiger partial charge in [-0.05, 0) is 48.4 Å². The van der Waals surface area contributed by atoms with Gasteiger partial charge in [-0.2, -0.15) is 4.98 Å². The van der Waals surface area contributed by atoms with Crippen LogP contribution in [0.15, 0.2) is 84.1 Å². The molecule has 1 atom stereocenters. The van der Waals surface area contributed by atoms with Gasteiger partial charge < -0.3 is 25.3 Å². The first-order chi connectivity index (χ1) is 18.0. The maximum absolute atomic E-state index is 12.6. The van der Waals surface area contributed by atoms with Crippen molar-refractivity contribution < 1.29 is 19.0 Å². The van der Waals surface area contributed by atoms with Crippen molar-refractivity contribution in [1.29, 1.82) is 0 Å². The fourth-order valence-electron chi connectivity index (χ4n) is 4.39. The van der Waals surface area contributed by atoms with Crippen molar-refractivity contribution >= 4 is 11.9 Å². The van der Waals surface area contributed by atoms with E-state index in [1.54, 1.807) is 31.9 Å². The minimum atomic E-state index is -0.588. The van der Waals surface area contributed by atoms with E-state index >= 15 is 0 Å².